The number of halogens is 4. The van der Waals surface area contributed by atoms with E-state index < -0.39 is 30.4 Å². The summed E-state index contributed by atoms with van der Waals surface area (Å²) >= 11 is 0. The van der Waals surface area contributed by atoms with Gasteiger partial charge in [0, 0.05) is 30.4 Å². The molecule has 7 nitrogen and oxygen atoms in total. The second kappa shape index (κ2) is 8.41. The summed E-state index contributed by atoms with van der Waals surface area (Å²) in [6, 6.07) is 3.77. The summed E-state index contributed by atoms with van der Waals surface area (Å²) in [5.41, 5.74) is 0.455. The Morgan fingerprint density at radius 1 is 1.21 bits per heavy atom. The number of rotatable bonds is 7. The fourth-order valence-corrected chi connectivity index (χ4v) is 2.32. The van der Waals surface area contributed by atoms with Gasteiger partial charge >= 0.3 is 6.18 Å². The first-order valence-corrected chi connectivity index (χ1v) is 8.60. The van der Waals surface area contributed by atoms with Crippen molar-refractivity contribution in [3.8, 4) is 5.88 Å². The Balaban J connectivity index is 1.56. The van der Waals surface area contributed by atoms with Gasteiger partial charge in [0.2, 0.25) is 5.91 Å². The average molecular weight is 412 g/mol. The molecule has 1 aliphatic rings. The molecule has 0 saturated heterocycles. The molecule has 1 fully saturated rings. The zero-order chi connectivity index (χ0) is 21.0. The largest absolute Gasteiger partial charge is 0.466 e. The number of alkyl halides is 3. The van der Waals surface area contributed by atoms with E-state index in [1.807, 2.05) is 0 Å². The Labute approximate surface area is 162 Å². The molecule has 0 radical (unpaired) electrons. The second-order valence-electron chi connectivity index (χ2n) is 6.41. The van der Waals surface area contributed by atoms with Crippen molar-refractivity contribution in [3.63, 3.8) is 0 Å². The van der Waals surface area contributed by atoms with Gasteiger partial charge in [-0.05, 0) is 36.6 Å². The van der Waals surface area contributed by atoms with Crippen molar-refractivity contribution >= 4 is 17.6 Å². The van der Waals surface area contributed by atoms with Gasteiger partial charge in [0.1, 0.15) is 5.82 Å². The molecule has 154 valence electrons. The summed E-state index contributed by atoms with van der Waals surface area (Å²) in [4.78, 5) is 31.5. The topological polar surface area (TPSA) is 93.2 Å². The fourth-order valence-electron chi connectivity index (χ4n) is 2.32. The third kappa shape index (κ3) is 6.13. The third-order valence-corrected chi connectivity index (χ3v) is 3.91. The van der Waals surface area contributed by atoms with E-state index in [1.54, 1.807) is 0 Å². The van der Waals surface area contributed by atoms with Crippen molar-refractivity contribution in [1.82, 2.24) is 15.3 Å². The van der Waals surface area contributed by atoms with Gasteiger partial charge in [-0.1, -0.05) is 0 Å². The molecule has 0 aromatic carbocycles. The zero-order valence-electron chi connectivity index (χ0n) is 14.9. The smallest absolute Gasteiger partial charge is 0.422 e. The maximum absolute atomic E-state index is 13.8. The van der Waals surface area contributed by atoms with Crippen LogP contribution >= 0.6 is 0 Å². The standard InChI is InChI=1S/C18H16F4N4O3/c19-13-5-10(8-25-17(13)29-9-18(20,21)22)7-24-15(27)12-3-4-23-14(6-12)26-16(28)11-1-2-11/h3-6,8,11H,1-2,7,9H2,(H,24,27)(H,23,26,28). The molecular weight excluding hydrogens is 396 g/mol. The molecule has 2 amide bonds. The van der Waals surface area contributed by atoms with Crippen LogP contribution in [0.2, 0.25) is 0 Å². The highest BCUT2D eigenvalue weighted by Gasteiger charge is 2.30. The van der Waals surface area contributed by atoms with Crippen LogP contribution < -0.4 is 15.4 Å². The maximum Gasteiger partial charge on any atom is 0.422 e. The van der Waals surface area contributed by atoms with Crippen LogP contribution in [0, 0.1) is 11.7 Å². The quantitative estimate of drug-likeness (QED) is 0.683. The number of aromatic nitrogens is 2. The predicted molar refractivity (Wildman–Crippen MR) is 92.5 cm³/mol. The van der Waals surface area contributed by atoms with Gasteiger partial charge in [-0.3, -0.25) is 9.59 Å². The first-order valence-electron chi connectivity index (χ1n) is 8.60. The summed E-state index contributed by atoms with van der Waals surface area (Å²) in [7, 11) is 0. The lowest BCUT2D eigenvalue weighted by Gasteiger charge is -2.10. The number of hydrogen-bond acceptors (Lipinski definition) is 5. The first-order chi connectivity index (χ1) is 13.7. The number of nitrogens with zero attached hydrogens (tertiary/aromatic N) is 2. The summed E-state index contributed by atoms with van der Waals surface area (Å²) in [6.07, 6.45) is -0.482. The number of hydrogen-bond donors (Lipinski definition) is 2. The Morgan fingerprint density at radius 2 is 1.97 bits per heavy atom. The van der Waals surface area contributed by atoms with Gasteiger partial charge in [0.05, 0.1) is 0 Å². The van der Waals surface area contributed by atoms with Crippen molar-refractivity contribution < 1.29 is 31.9 Å². The molecule has 0 unspecified atom stereocenters. The highest BCUT2D eigenvalue weighted by Crippen LogP contribution is 2.30. The molecule has 0 spiro atoms. The molecule has 2 heterocycles. The molecule has 11 heteroatoms. The van der Waals surface area contributed by atoms with Crippen LogP contribution in [0.1, 0.15) is 28.8 Å². The van der Waals surface area contributed by atoms with Crippen molar-refractivity contribution in [2.24, 2.45) is 5.92 Å². The SMILES string of the molecule is O=C(NCc1cnc(OCC(F)(F)F)c(F)c1)c1ccnc(NC(=O)C2CC2)c1. The van der Waals surface area contributed by atoms with Crippen LogP contribution in [0.25, 0.3) is 0 Å². The summed E-state index contributed by atoms with van der Waals surface area (Å²) < 4.78 is 54.4. The average Bonchev–Trinajstić information content (AvgIpc) is 3.50. The molecule has 1 aliphatic carbocycles. The molecule has 2 aromatic rings. The molecule has 1 saturated carbocycles. The van der Waals surface area contributed by atoms with Crippen LogP contribution in [0.5, 0.6) is 5.88 Å². The molecule has 0 aliphatic heterocycles. The molecule has 29 heavy (non-hydrogen) atoms. The van der Waals surface area contributed by atoms with Crippen LogP contribution in [-0.4, -0.2) is 34.6 Å². The van der Waals surface area contributed by atoms with Crippen molar-refractivity contribution in [2.75, 3.05) is 11.9 Å². The van der Waals surface area contributed by atoms with Crippen LogP contribution in [0.4, 0.5) is 23.4 Å². The number of pyridine rings is 2. The van der Waals surface area contributed by atoms with Crippen LogP contribution in [-0.2, 0) is 11.3 Å². The number of nitrogens with one attached hydrogen (secondary N) is 2. The molecule has 0 atom stereocenters. The fraction of sp³-hybridized carbons (Fsp3) is 0.333. The minimum atomic E-state index is -4.61. The number of anilines is 1. The monoisotopic (exact) mass is 412 g/mol. The van der Waals surface area contributed by atoms with Crippen LogP contribution in [0.3, 0.4) is 0 Å². The summed E-state index contributed by atoms with van der Waals surface area (Å²) in [5, 5.41) is 5.15. The summed E-state index contributed by atoms with van der Waals surface area (Å²) in [6.45, 7) is -1.77. The van der Waals surface area contributed by atoms with E-state index in [2.05, 4.69) is 25.3 Å². The highest BCUT2D eigenvalue weighted by atomic mass is 19.4. The molecular formula is C18H16F4N4O3. The minimum Gasteiger partial charge on any atom is -0.466 e. The number of carbonyl (C=O) groups excluding carboxylic acids is 2. The molecule has 0 bridgehead atoms. The Kier molecular flexibility index (Phi) is 5.95. The first kappa shape index (κ1) is 20.5. The van der Waals surface area contributed by atoms with E-state index in [0.29, 0.717) is 0 Å². The normalized spacial score (nSPS) is 13.7. The minimum absolute atomic E-state index is 0.0141. The third-order valence-electron chi connectivity index (χ3n) is 3.91. The lowest BCUT2D eigenvalue weighted by atomic mass is 10.2. The van der Waals surface area contributed by atoms with Gasteiger partial charge < -0.3 is 15.4 Å². The number of ether oxygens (including phenoxy) is 1. The second-order valence-corrected chi connectivity index (χ2v) is 6.41. The van der Waals surface area contributed by atoms with Gasteiger partial charge in [-0.15, -0.1) is 0 Å². The van der Waals surface area contributed by atoms with E-state index in [0.717, 1.165) is 25.1 Å². The Morgan fingerprint density at radius 3 is 2.62 bits per heavy atom. The van der Waals surface area contributed by atoms with Gasteiger partial charge in [-0.2, -0.15) is 13.2 Å². The molecule has 2 N–H and O–H groups in total. The number of amides is 2. The van der Waals surface area contributed by atoms with Crippen molar-refractivity contribution in [2.45, 2.75) is 25.6 Å². The lowest BCUT2D eigenvalue weighted by Crippen LogP contribution is -2.24. The van der Waals surface area contributed by atoms with Gasteiger partial charge in [-0.25, -0.2) is 14.4 Å². The Hall–Kier alpha value is -3.24. The molecule has 3 rings (SSSR count). The van der Waals surface area contributed by atoms with E-state index in [1.165, 1.54) is 18.3 Å². The van der Waals surface area contributed by atoms with E-state index in [-0.39, 0.29) is 35.3 Å². The predicted octanol–water partition coefficient (Wildman–Crippen LogP) is 2.84. The molecule has 2 aromatic heterocycles. The zero-order valence-corrected chi connectivity index (χ0v) is 14.9. The highest BCUT2D eigenvalue weighted by molar-refractivity contribution is 5.97. The lowest BCUT2D eigenvalue weighted by molar-refractivity contribution is -0.154. The van der Waals surface area contributed by atoms with E-state index in [4.69, 9.17) is 0 Å². The van der Waals surface area contributed by atoms with E-state index in [9.17, 15) is 27.2 Å². The maximum atomic E-state index is 13.8. The van der Waals surface area contributed by atoms with Gasteiger partial charge in [0.25, 0.3) is 11.8 Å². The van der Waals surface area contributed by atoms with Gasteiger partial charge in [0.15, 0.2) is 12.4 Å². The summed E-state index contributed by atoms with van der Waals surface area (Å²) in [5.74, 6) is -2.28. The van der Waals surface area contributed by atoms with Crippen molar-refractivity contribution in [1.29, 1.82) is 0 Å². The Bertz CT molecular complexity index is 916. The van der Waals surface area contributed by atoms with Crippen LogP contribution in [0.15, 0.2) is 30.6 Å². The van der Waals surface area contributed by atoms with Crippen molar-refractivity contribution in [3.05, 3.63) is 47.5 Å². The van der Waals surface area contributed by atoms with E-state index >= 15 is 0 Å². The number of carbonyl (C=O) groups is 2.